The van der Waals surface area contributed by atoms with Gasteiger partial charge in [-0.2, -0.15) is 6.07 Å². The summed E-state index contributed by atoms with van der Waals surface area (Å²) < 4.78 is 8.91. The number of hydrogen-bond donors (Lipinski definition) is 0. The van der Waals surface area contributed by atoms with Crippen molar-refractivity contribution in [1.29, 1.82) is 0 Å². The van der Waals surface area contributed by atoms with E-state index in [1.165, 1.54) is 11.1 Å². The number of ether oxygens (including phenoxy) is 1. The van der Waals surface area contributed by atoms with E-state index in [0.29, 0.717) is 11.5 Å². The van der Waals surface area contributed by atoms with E-state index in [2.05, 4.69) is 187 Å². The Morgan fingerprint density at radius 3 is 1.95 bits per heavy atom. The predicted molar refractivity (Wildman–Crippen MR) is 229 cm³/mol. The van der Waals surface area contributed by atoms with E-state index in [9.17, 15) is 0 Å². The maximum Gasteiger partial charge on any atom is 0.135 e. The molecule has 6 heteroatoms. The summed E-state index contributed by atoms with van der Waals surface area (Å²) in [6.07, 6.45) is 4.10. The van der Waals surface area contributed by atoms with E-state index in [-0.39, 0.29) is 37.3 Å². The first kappa shape index (κ1) is 39.1. The van der Waals surface area contributed by atoms with E-state index in [0.717, 1.165) is 55.8 Å². The Kier molecular flexibility index (Phi) is 10.3. The quantitative estimate of drug-likeness (QED) is 0.156. The number of allylic oxidation sites excluding steroid dienone is 1. The molecule has 0 bridgehead atoms. The second-order valence-electron chi connectivity index (χ2n) is 17.6. The third kappa shape index (κ3) is 7.67. The first-order chi connectivity index (χ1) is 26.1. The van der Waals surface area contributed by atoms with E-state index in [1.807, 2.05) is 36.5 Å². The largest absolute Gasteiger partial charge is 0.509 e. The molecule has 0 amide bonds. The van der Waals surface area contributed by atoms with Gasteiger partial charge in [-0.1, -0.05) is 128 Å². The molecule has 0 radical (unpaired) electrons. The van der Waals surface area contributed by atoms with Crippen molar-refractivity contribution in [2.75, 3.05) is 9.80 Å². The molecule has 0 spiro atoms. The van der Waals surface area contributed by atoms with Crippen molar-refractivity contribution in [3.05, 3.63) is 163 Å². The third-order valence-electron chi connectivity index (χ3n) is 10.3. The van der Waals surface area contributed by atoms with Crippen molar-refractivity contribution in [1.82, 2.24) is 9.55 Å². The minimum absolute atomic E-state index is 0. The molecule has 7 aromatic rings. The minimum Gasteiger partial charge on any atom is -0.509 e. The summed E-state index contributed by atoms with van der Waals surface area (Å²) in [7, 11) is 0. The van der Waals surface area contributed by atoms with Gasteiger partial charge in [-0.05, 0) is 69.4 Å². The van der Waals surface area contributed by atoms with Crippen LogP contribution in [0.25, 0.3) is 38.8 Å². The Labute approximate surface area is 346 Å². The Balaban J connectivity index is 0.00000480. The van der Waals surface area contributed by atoms with Gasteiger partial charge < -0.3 is 19.1 Å². The molecule has 5 aromatic carbocycles. The average Bonchev–Trinajstić information content (AvgIpc) is 3.75. The van der Waals surface area contributed by atoms with Crippen molar-refractivity contribution in [2.45, 2.75) is 73.1 Å². The number of anilines is 2. The van der Waals surface area contributed by atoms with Gasteiger partial charge in [0.25, 0.3) is 0 Å². The Morgan fingerprint density at radius 1 is 0.607 bits per heavy atom. The van der Waals surface area contributed by atoms with Gasteiger partial charge in [0, 0.05) is 61.1 Å². The molecule has 288 valence electrons. The van der Waals surface area contributed by atoms with Crippen LogP contribution in [0, 0.1) is 24.2 Å². The van der Waals surface area contributed by atoms with Crippen LogP contribution < -0.4 is 14.5 Å². The summed E-state index contributed by atoms with van der Waals surface area (Å²) in [5, 5.41) is 2.23. The Bertz CT molecular complexity index is 2520. The molecule has 0 saturated carbocycles. The second kappa shape index (κ2) is 14.8. The number of benzene rings is 5. The van der Waals surface area contributed by atoms with Crippen molar-refractivity contribution in [3.8, 4) is 28.4 Å². The van der Waals surface area contributed by atoms with Crippen LogP contribution in [-0.4, -0.2) is 9.55 Å². The zero-order chi connectivity index (χ0) is 38.7. The maximum absolute atomic E-state index is 6.76. The number of fused-ring (bicyclic) bond motifs is 3. The fourth-order valence-corrected chi connectivity index (χ4v) is 7.22. The molecule has 56 heavy (non-hydrogen) atoms. The number of nitrogens with zero attached hydrogens (tertiary/aromatic N) is 4. The minimum atomic E-state index is -0.172. The molecule has 1 aliphatic rings. The molecule has 0 aliphatic carbocycles. The van der Waals surface area contributed by atoms with E-state index in [4.69, 9.17) is 9.72 Å². The third-order valence-corrected chi connectivity index (χ3v) is 10.3. The SMILES string of the molecule is CC(C)(C)C1=CN(c2cc(C(C)(C)C)cc(C(C)(C)C)c2)[CH-]N1c1[c-]c(Oc2[c-]c3c(cc2)c2ccccc2n3-c2ccccn2)cc(-c2ccccc2)c1.[Pt]. The zero-order valence-corrected chi connectivity index (χ0v) is 36.0. The summed E-state index contributed by atoms with van der Waals surface area (Å²) in [4.78, 5) is 9.24. The molecule has 0 fully saturated rings. The summed E-state index contributed by atoms with van der Waals surface area (Å²) in [6.45, 7) is 22.7. The van der Waals surface area contributed by atoms with Crippen LogP contribution in [0.4, 0.5) is 11.4 Å². The first-order valence-electron chi connectivity index (χ1n) is 19.1. The topological polar surface area (TPSA) is 33.5 Å². The van der Waals surface area contributed by atoms with Crippen LogP contribution in [0.5, 0.6) is 11.5 Å². The summed E-state index contributed by atoms with van der Waals surface area (Å²) in [6, 6.07) is 47.6. The van der Waals surface area contributed by atoms with Crippen LogP contribution in [0.3, 0.4) is 0 Å². The first-order valence-corrected chi connectivity index (χ1v) is 19.1. The molecule has 1 aliphatic heterocycles. The molecular weight excluding hydrogens is 868 g/mol. The van der Waals surface area contributed by atoms with Crippen molar-refractivity contribution in [2.24, 2.45) is 5.41 Å². The number of pyridine rings is 1. The van der Waals surface area contributed by atoms with Gasteiger partial charge in [-0.25, -0.2) is 4.98 Å². The Hall–Kier alpha value is -5.12. The second-order valence-corrected chi connectivity index (χ2v) is 17.6. The van der Waals surface area contributed by atoms with Crippen LogP contribution in [0.15, 0.2) is 133 Å². The van der Waals surface area contributed by atoms with Crippen LogP contribution >= 0.6 is 0 Å². The molecule has 0 unspecified atom stereocenters. The number of hydrogen-bond acceptors (Lipinski definition) is 4. The van der Waals surface area contributed by atoms with Gasteiger partial charge >= 0.3 is 0 Å². The van der Waals surface area contributed by atoms with Crippen molar-refractivity contribution < 1.29 is 25.8 Å². The number of rotatable bonds is 6. The van der Waals surface area contributed by atoms with Crippen LogP contribution in [0.1, 0.15) is 73.4 Å². The zero-order valence-electron chi connectivity index (χ0n) is 33.7. The van der Waals surface area contributed by atoms with Gasteiger partial charge in [0.2, 0.25) is 0 Å². The maximum atomic E-state index is 6.76. The van der Waals surface area contributed by atoms with Crippen LogP contribution in [-0.2, 0) is 31.9 Å². The molecule has 0 atom stereocenters. The van der Waals surface area contributed by atoms with Gasteiger partial charge in [0.1, 0.15) is 5.82 Å². The molecule has 5 nitrogen and oxygen atoms in total. The fraction of sp³-hybridized carbons (Fsp3) is 0.240. The van der Waals surface area contributed by atoms with Crippen LogP contribution in [0.2, 0.25) is 0 Å². The molecular formula is C50H49N4OPt-3. The van der Waals surface area contributed by atoms with Gasteiger partial charge in [-0.3, -0.25) is 0 Å². The molecule has 0 saturated heterocycles. The molecule has 8 rings (SSSR count). The monoisotopic (exact) mass is 916 g/mol. The van der Waals surface area contributed by atoms with E-state index < -0.39 is 0 Å². The normalized spacial score (nSPS) is 13.6. The van der Waals surface area contributed by atoms with E-state index in [1.54, 1.807) is 0 Å². The summed E-state index contributed by atoms with van der Waals surface area (Å²) in [5.41, 5.74) is 9.78. The van der Waals surface area contributed by atoms with Crippen molar-refractivity contribution >= 4 is 33.2 Å². The van der Waals surface area contributed by atoms with Crippen molar-refractivity contribution in [3.63, 3.8) is 0 Å². The summed E-state index contributed by atoms with van der Waals surface area (Å²) >= 11 is 0. The standard InChI is InChI=1S/C50H49N4O.Pt/c1-48(2,3)36-27-37(49(4,5)6)29-38(28-36)52-32-46(50(7,8)9)53(33-52)39-25-35(34-17-11-10-12-18-34)26-41(30-39)55-40-22-23-43-42-19-13-14-20-44(42)54(45(43)31-40)47-21-15-16-24-51-47;/h10-29,32-33H,1-9H3;/q-3;. The fourth-order valence-electron chi connectivity index (χ4n) is 7.22. The summed E-state index contributed by atoms with van der Waals surface area (Å²) in [5.74, 6) is 2.05. The van der Waals surface area contributed by atoms with Gasteiger partial charge in [-0.15, -0.1) is 53.6 Å². The van der Waals surface area contributed by atoms with Gasteiger partial charge in [0.05, 0.1) is 0 Å². The molecule has 0 N–H and O–H groups in total. The molecule has 3 heterocycles. The Morgan fingerprint density at radius 2 is 1.29 bits per heavy atom. The predicted octanol–water partition coefficient (Wildman–Crippen LogP) is 13.2. The molecule has 2 aromatic heterocycles. The number of aromatic nitrogens is 2. The van der Waals surface area contributed by atoms with Gasteiger partial charge in [0.15, 0.2) is 0 Å². The van der Waals surface area contributed by atoms with E-state index >= 15 is 0 Å². The number of para-hydroxylation sites is 1. The smallest absolute Gasteiger partial charge is 0.135 e. The average molecular weight is 917 g/mol.